The van der Waals surface area contributed by atoms with Crippen molar-refractivity contribution in [3.63, 3.8) is 0 Å². The van der Waals surface area contributed by atoms with Crippen molar-refractivity contribution in [3.05, 3.63) is 52.9 Å². The van der Waals surface area contributed by atoms with Crippen LogP contribution in [0, 0.1) is 18.3 Å². The Hall–Kier alpha value is -3.27. The molecule has 0 bridgehead atoms. The highest BCUT2D eigenvalue weighted by molar-refractivity contribution is 5.74. The third kappa shape index (κ3) is 1.55. The molecule has 0 radical (unpaired) electrons. The Morgan fingerprint density at radius 3 is 2.95 bits per heavy atom. The zero-order valence-corrected chi connectivity index (χ0v) is 11.7. The number of benzene rings is 1. The maximum absolute atomic E-state index is 11.2. The monoisotopic (exact) mass is 290 g/mol. The fourth-order valence-electron chi connectivity index (χ4n) is 2.77. The minimum absolute atomic E-state index is 0.283. The summed E-state index contributed by atoms with van der Waals surface area (Å²) in [7, 11) is 0. The van der Waals surface area contributed by atoms with Crippen LogP contribution in [0.2, 0.25) is 0 Å². The van der Waals surface area contributed by atoms with Gasteiger partial charge >= 0.3 is 0 Å². The van der Waals surface area contributed by atoms with Gasteiger partial charge in [-0.05, 0) is 24.6 Å². The van der Waals surface area contributed by atoms with Crippen LogP contribution in [0.3, 0.4) is 0 Å². The van der Waals surface area contributed by atoms with Gasteiger partial charge in [0.25, 0.3) is 0 Å². The van der Waals surface area contributed by atoms with Crippen LogP contribution in [0.5, 0.6) is 0 Å². The van der Waals surface area contributed by atoms with Crippen molar-refractivity contribution in [3.8, 4) is 17.4 Å². The molecule has 0 fully saturated rings. The average molecular weight is 290 g/mol. The maximum Gasteiger partial charge on any atom is 0.172 e. The second-order valence-corrected chi connectivity index (χ2v) is 5.14. The highest BCUT2D eigenvalue weighted by atomic mass is 16.1. The molecule has 0 spiro atoms. The van der Waals surface area contributed by atoms with Gasteiger partial charge in [0, 0.05) is 6.42 Å². The predicted octanol–water partition coefficient (Wildman–Crippen LogP) is 1.35. The minimum atomic E-state index is 0.283. The van der Waals surface area contributed by atoms with Gasteiger partial charge in [-0.25, -0.2) is 9.67 Å². The van der Waals surface area contributed by atoms with Gasteiger partial charge in [0.15, 0.2) is 12.0 Å². The van der Waals surface area contributed by atoms with Crippen molar-refractivity contribution >= 4 is 6.29 Å². The standard InChI is InChI=1S/C15H10N6O/c1-9-2-3-12-15(4-9)21-14(11(7-22)18-19-21)5-13-10(6-16)17-8-20(12)13/h2-4,7-8H,5H2,1H3. The number of aromatic nitrogens is 5. The summed E-state index contributed by atoms with van der Waals surface area (Å²) in [6.07, 6.45) is 2.69. The van der Waals surface area contributed by atoms with E-state index in [1.807, 2.05) is 29.7 Å². The summed E-state index contributed by atoms with van der Waals surface area (Å²) >= 11 is 0. The molecule has 0 unspecified atom stereocenters. The number of carbonyl (C=O) groups excluding carboxylic acids is 1. The lowest BCUT2D eigenvalue weighted by molar-refractivity contribution is 0.111. The van der Waals surface area contributed by atoms with E-state index in [2.05, 4.69) is 21.4 Å². The summed E-state index contributed by atoms with van der Waals surface area (Å²) in [5.74, 6) is 0. The first-order chi connectivity index (χ1) is 10.7. The second kappa shape index (κ2) is 4.36. The summed E-state index contributed by atoms with van der Waals surface area (Å²) in [5, 5.41) is 17.3. The summed E-state index contributed by atoms with van der Waals surface area (Å²) in [4.78, 5) is 15.4. The van der Waals surface area contributed by atoms with E-state index in [4.69, 9.17) is 0 Å². The van der Waals surface area contributed by atoms with E-state index in [0.29, 0.717) is 24.1 Å². The quantitative estimate of drug-likeness (QED) is 0.494. The molecule has 0 aliphatic carbocycles. The average Bonchev–Trinajstić information content (AvgIpc) is 3.09. The van der Waals surface area contributed by atoms with E-state index in [1.54, 1.807) is 11.0 Å². The Morgan fingerprint density at radius 2 is 2.18 bits per heavy atom. The van der Waals surface area contributed by atoms with Crippen LogP contribution in [0.25, 0.3) is 11.4 Å². The Balaban J connectivity index is 2.13. The third-order valence-corrected chi connectivity index (χ3v) is 3.83. The highest BCUT2D eigenvalue weighted by Gasteiger charge is 2.25. The molecule has 7 heteroatoms. The molecule has 1 aliphatic heterocycles. The number of aryl methyl sites for hydroxylation is 1. The summed E-state index contributed by atoms with van der Waals surface area (Å²) in [5.41, 5.74) is 4.77. The molecule has 7 nitrogen and oxygen atoms in total. The molecule has 2 aromatic heterocycles. The molecule has 0 saturated heterocycles. The van der Waals surface area contributed by atoms with E-state index >= 15 is 0 Å². The van der Waals surface area contributed by atoms with Gasteiger partial charge in [-0.2, -0.15) is 5.26 Å². The van der Waals surface area contributed by atoms with E-state index in [1.165, 1.54) is 0 Å². The van der Waals surface area contributed by atoms with Crippen LogP contribution in [0.15, 0.2) is 24.5 Å². The van der Waals surface area contributed by atoms with Crippen LogP contribution in [-0.2, 0) is 6.42 Å². The zero-order valence-electron chi connectivity index (χ0n) is 11.7. The summed E-state index contributed by atoms with van der Waals surface area (Å²) in [6.45, 7) is 1.98. The number of imidazole rings is 1. The molecule has 1 aliphatic rings. The van der Waals surface area contributed by atoms with E-state index in [9.17, 15) is 10.1 Å². The van der Waals surface area contributed by atoms with Crippen molar-refractivity contribution in [1.29, 1.82) is 5.26 Å². The Kier molecular flexibility index (Phi) is 2.47. The Bertz CT molecular complexity index is 959. The van der Waals surface area contributed by atoms with Crippen molar-refractivity contribution in [2.75, 3.05) is 0 Å². The largest absolute Gasteiger partial charge is 0.299 e. The second-order valence-electron chi connectivity index (χ2n) is 5.14. The first-order valence-electron chi connectivity index (χ1n) is 6.70. The number of hydrogen-bond donors (Lipinski definition) is 0. The van der Waals surface area contributed by atoms with E-state index < -0.39 is 0 Å². The zero-order chi connectivity index (χ0) is 15.3. The Morgan fingerprint density at radius 1 is 1.32 bits per heavy atom. The number of nitriles is 1. The SMILES string of the molecule is Cc1ccc2c(c1)-n1nnc(C=O)c1Cc1c(C#N)ncn1-2. The van der Waals surface area contributed by atoms with Gasteiger partial charge in [0.1, 0.15) is 18.1 Å². The molecule has 0 saturated carbocycles. The molecular formula is C15H10N6O. The predicted molar refractivity (Wildman–Crippen MR) is 76.1 cm³/mol. The van der Waals surface area contributed by atoms with Crippen LogP contribution in [0.1, 0.15) is 33.1 Å². The maximum atomic E-state index is 11.2. The van der Waals surface area contributed by atoms with Gasteiger partial charge in [-0.15, -0.1) is 5.10 Å². The van der Waals surface area contributed by atoms with E-state index in [-0.39, 0.29) is 5.69 Å². The van der Waals surface area contributed by atoms with Gasteiger partial charge in [0.2, 0.25) is 0 Å². The number of hydrogen-bond acceptors (Lipinski definition) is 5. The van der Waals surface area contributed by atoms with Crippen LogP contribution < -0.4 is 0 Å². The number of rotatable bonds is 1. The molecule has 0 amide bonds. The highest BCUT2D eigenvalue weighted by Crippen LogP contribution is 2.29. The summed E-state index contributed by atoms with van der Waals surface area (Å²) < 4.78 is 3.54. The number of aldehydes is 1. The molecule has 1 aromatic carbocycles. The fraction of sp³-hybridized carbons (Fsp3) is 0.133. The molecular weight excluding hydrogens is 280 g/mol. The van der Waals surface area contributed by atoms with Gasteiger partial charge in [-0.3, -0.25) is 9.36 Å². The van der Waals surface area contributed by atoms with Crippen molar-refractivity contribution in [1.82, 2.24) is 24.5 Å². The fourth-order valence-corrected chi connectivity index (χ4v) is 2.77. The molecule has 3 aromatic rings. The number of carbonyl (C=O) groups is 1. The molecule has 0 atom stereocenters. The van der Waals surface area contributed by atoms with Crippen molar-refractivity contribution in [2.24, 2.45) is 0 Å². The minimum Gasteiger partial charge on any atom is -0.299 e. The molecule has 0 N–H and O–H groups in total. The van der Waals surface area contributed by atoms with E-state index in [0.717, 1.165) is 22.6 Å². The number of nitrogens with zero attached hydrogens (tertiary/aromatic N) is 6. The molecule has 22 heavy (non-hydrogen) atoms. The first-order valence-corrected chi connectivity index (χ1v) is 6.70. The van der Waals surface area contributed by atoms with Gasteiger partial charge in [0.05, 0.1) is 22.8 Å². The molecule has 106 valence electrons. The number of fused-ring (bicyclic) bond motifs is 5. The Labute approximate surface area is 125 Å². The first kappa shape index (κ1) is 12.5. The molecule has 4 rings (SSSR count). The van der Waals surface area contributed by atoms with Crippen LogP contribution in [-0.4, -0.2) is 30.8 Å². The van der Waals surface area contributed by atoms with Gasteiger partial charge in [-0.1, -0.05) is 11.3 Å². The summed E-state index contributed by atoms with van der Waals surface area (Å²) in [6, 6.07) is 8.01. The third-order valence-electron chi connectivity index (χ3n) is 3.83. The van der Waals surface area contributed by atoms with Gasteiger partial charge < -0.3 is 0 Å². The van der Waals surface area contributed by atoms with Crippen molar-refractivity contribution in [2.45, 2.75) is 13.3 Å². The smallest absolute Gasteiger partial charge is 0.172 e. The lowest BCUT2D eigenvalue weighted by Crippen LogP contribution is -2.04. The normalized spacial score (nSPS) is 11.8. The van der Waals surface area contributed by atoms with Crippen molar-refractivity contribution < 1.29 is 4.79 Å². The van der Waals surface area contributed by atoms with Crippen LogP contribution in [0.4, 0.5) is 0 Å². The topological polar surface area (TPSA) is 89.4 Å². The lowest BCUT2D eigenvalue weighted by atomic mass is 10.1. The molecule has 3 heterocycles. The lowest BCUT2D eigenvalue weighted by Gasteiger charge is -2.10. The van der Waals surface area contributed by atoms with Crippen LogP contribution >= 0.6 is 0 Å².